The summed E-state index contributed by atoms with van der Waals surface area (Å²) >= 11 is 1.62. The maximum absolute atomic E-state index is 12.3. The highest BCUT2D eigenvalue weighted by molar-refractivity contribution is 7.98. The van der Waals surface area contributed by atoms with Crippen LogP contribution in [0.5, 0.6) is 0 Å². The van der Waals surface area contributed by atoms with Gasteiger partial charge in [-0.15, -0.1) is 10.2 Å². The lowest BCUT2D eigenvalue weighted by atomic mass is 10.1. The third-order valence-corrected chi connectivity index (χ3v) is 6.41. The summed E-state index contributed by atoms with van der Waals surface area (Å²) in [6, 6.07) is 20.1. The Hall–Kier alpha value is -3.45. The van der Waals surface area contributed by atoms with E-state index < -0.39 is 0 Å². The van der Waals surface area contributed by atoms with Crippen LogP contribution in [0.2, 0.25) is 0 Å². The third-order valence-electron chi connectivity index (χ3n) is 5.41. The van der Waals surface area contributed by atoms with Crippen molar-refractivity contribution in [1.82, 2.24) is 25.1 Å². The van der Waals surface area contributed by atoms with Gasteiger partial charge in [-0.25, -0.2) is 0 Å². The van der Waals surface area contributed by atoms with Crippen LogP contribution in [-0.2, 0) is 5.75 Å². The molecule has 7 heteroatoms. The number of aryl methyl sites for hydroxylation is 1. The van der Waals surface area contributed by atoms with Gasteiger partial charge < -0.3 is 5.32 Å². The molecule has 2 aromatic heterocycles. The van der Waals surface area contributed by atoms with Gasteiger partial charge in [0, 0.05) is 41.0 Å². The number of hydrogen-bond donors (Lipinski definition) is 1. The molecule has 0 saturated heterocycles. The highest BCUT2D eigenvalue weighted by Gasteiger charge is 2.16. The van der Waals surface area contributed by atoms with E-state index in [9.17, 15) is 4.79 Å². The van der Waals surface area contributed by atoms with Crippen LogP contribution in [0.1, 0.15) is 41.8 Å². The van der Waals surface area contributed by atoms with Gasteiger partial charge in [-0.2, -0.15) is 0 Å². The number of aromatic nitrogens is 4. The van der Waals surface area contributed by atoms with Gasteiger partial charge in [0.25, 0.3) is 5.91 Å². The lowest BCUT2D eigenvalue weighted by Gasteiger charge is -2.12. The second-order valence-electron chi connectivity index (χ2n) is 7.98. The second-order valence-corrected chi connectivity index (χ2v) is 8.93. The van der Waals surface area contributed by atoms with Crippen LogP contribution in [-0.4, -0.2) is 31.7 Å². The number of hydrogen-bond acceptors (Lipinski definition) is 5. The Bertz CT molecular complexity index is 1220. The number of carbonyl (C=O) groups excluding carboxylic acids is 1. The van der Waals surface area contributed by atoms with Crippen LogP contribution in [0.3, 0.4) is 0 Å². The fourth-order valence-electron chi connectivity index (χ4n) is 3.36. The number of amides is 1. The van der Waals surface area contributed by atoms with Crippen LogP contribution < -0.4 is 5.32 Å². The smallest absolute Gasteiger partial charge is 0.251 e. The topological polar surface area (TPSA) is 72.7 Å². The molecule has 0 aliphatic carbocycles. The first kappa shape index (κ1) is 22.7. The van der Waals surface area contributed by atoms with Crippen LogP contribution in [0.25, 0.3) is 17.1 Å². The fourth-order valence-corrected chi connectivity index (χ4v) is 4.27. The summed E-state index contributed by atoms with van der Waals surface area (Å²) in [6.45, 7) is 6.14. The van der Waals surface area contributed by atoms with Gasteiger partial charge in [-0.3, -0.25) is 14.3 Å². The average Bonchev–Trinajstić information content (AvgIpc) is 3.27. The minimum absolute atomic E-state index is 0.0373. The van der Waals surface area contributed by atoms with Crippen LogP contribution in [0.15, 0.2) is 78.2 Å². The summed E-state index contributed by atoms with van der Waals surface area (Å²) < 4.78 is 2.08. The van der Waals surface area contributed by atoms with Crippen molar-refractivity contribution in [2.75, 3.05) is 0 Å². The molecule has 4 aromatic rings. The molecule has 1 amide bonds. The zero-order chi connectivity index (χ0) is 23.2. The normalized spacial score (nSPS) is 11.8. The zero-order valence-electron chi connectivity index (χ0n) is 19.0. The zero-order valence-corrected chi connectivity index (χ0v) is 19.8. The van der Waals surface area contributed by atoms with Crippen molar-refractivity contribution in [3.8, 4) is 17.1 Å². The lowest BCUT2D eigenvalue weighted by Crippen LogP contribution is -2.31. The summed E-state index contributed by atoms with van der Waals surface area (Å²) in [5.41, 5.74) is 4.94. The van der Waals surface area contributed by atoms with Crippen LogP contribution in [0.4, 0.5) is 0 Å². The average molecular weight is 458 g/mol. The Morgan fingerprint density at radius 3 is 2.52 bits per heavy atom. The summed E-state index contributed by atoms with van der Waals surface area (Å²) in [7, 11) is 0. The fraction of sp³-hybridized carbons (Fsp3) is 0.231. The highest BCUT2D eigenvalue weighted by Crippen LogP contribution is 2.30. The summed E-state index contributed by atoms with van der Waals surface area (Å²) in [4.78, 5) is 16.4. The van der Waals surface area contributed by atoms with Gasteiger partial charge in [-0.05, 0) is 67.8 Å². The van der Waals surface area contributed by atoms with E-state index in [4.69, 9.17) is 0 Å². The molecule has 0 radical (unpaired) electrons. The molecule has 0 spiro atoms. The van der Waals surface area contributed by atoms with E-state index in [1.807, 2.05) is 49.4 Å². The van der Waals surface area contributed by atoms with E-state index in [2.05, 4.69) is 57.1 Å². The van der Waals surface area contributed by atoms with Crippen molar-refractivity contribution in [1.29, 1.82) is 0 Å². The molecule has 6 nitrogen and oxygen atoms in total. The molecule has 2 heterocycles. The van der Waals surface area contributed by atoms with Gasteiger partial charge >= 0.3 is 0 Å². The molecule has 0 saturated carbocycles. The molecule has 0 fully saturated rings. The van der Waals surface area contributed by atoms with Gasteiger partial charge in [-0.1, -0.05) is 43.0 Å². The van der Waals surface area contributed by atoms with E-state index in [1.54, 1.807) is 24.2 Å². The number of nitrogens with one attached hydrogen (secondary N) is 1. The van der Waals surface area contributed by atoms with Crippen molar-refractivity contribution in [3.05, 3.63) is 89.7 Å². The predicted octanol–water partition coefficient (Wildman–Crippen LogP) is 5.46. The van der Waals surface area contributed by atoms with Crippen molar-refractivity contribution < 1.29 is 4.79 Å². The standard InChI is InChI=1S/C26H27N5OS/c1-4-19(3)28-25(32)22-10-8-20(9-11-22)17-33-26-30-29-24(21-12-14-27-15-13-21)31(26)23-7-5-6-18(2)16-23/h5-16,19H,4,17H2,1-3H3,(H,28,32)/t19-/m0/s1. The monoisotopic (exact) mass is 457 g/mol. The van der Waals surface area contributed by atoms with E-state index in [-0.39, 0.29) is 11.9 Å². The molecule has 4 rings (SSSR count). The number of benzene rings is 2. The molecule has 168 valence electrons. The van der Waals surface area contributed by atoms with Gasteiger partial charge in [0.15, 0.2) is 11.0 Å². The minimum atomic E-state index is -0.0373. The van der Waals surface area contributed by atoms with Gasteiger partial charge in [0.1, 0.15) is 0 Å². The molecule has 2 aromatic carbocycles. The lowest BCUT2D eigenvalue weighted by molar-refractivity contribution is 0.0939. The molecule has 1 N–H and O–H groups in total. The highest BCUT2D eigenvalue weighted by atomic mass is 32.2. The van der Waals surface area contributed by atoms with E-state index in [0.29, 0.717) is 11.3 Å². The Balaban J connectivity index is 1.56. The Morgan fingerprint density at radius 2 is 1.82 bits per heavy atom. The Labute approximate surface area is 198 Å². The van der Waals surface area contributed by atoms with E-state index in [0.717, 1.165) is 34.2 Å². The SMILES string of the molecule is CC[C@H](C)NC(=O)c1ccc(CSc2nnc(-c3ccncc3)n2-c2cccc(C)c2)cc1. The van der Waals surface area contributed by atoms with Crippen LogP contribution >= 0.6 is 11.8 Å². The van der Waals surface area contributed by atoms with Crippen molar-refractivity contribution in [2.45, 2.75) is 44.1 Å². The van der Waals surface area contributed by atoms with E-state index >= 15 is 0 Å². The molecule has 0 aliphatic heterocycles. The first-order chi connectivity index (χ1) is 16.0. The maximum atomic E-state index is 12.3. The molecule has 0 aliphatic rings. The minimum Gasteiger partial charge on any atom is -0.350 e. The molecular weight excluding hydrogens is 430 g/mol. The Morgan fingerprint density at radius 1 is 1.06 bits per heavy atom. The maximum Gasteiger partial charge on any atom is 0.251 e. The predicted molar refractivity (Wildman–Crippen MR) is 133 cm³/mol. The summed E-state index contributed by atoms with van der Waals surface area (Å²) in [6.07, 6.45) is 4.43. The molecular formula is C26H27N5OS. The molecule has 1 atom stereocenters. The number of rotatable bonds is 8. The number of pyridine rings is 1. The first-order valence-corrected chi connectivity index (χ1v) is 12.0. The van der Waals surface area contributed by atoms with Crippen molar-refractivity contribution in [2.24, 2.45) is 0 Å². The Kier molecular flexibility index (Phi) is 7.19. The molecule has 0 bridgehead atoms. The first-order valence-electron chi connectivity index (χ1n) is 11.0. The number of carbonyl (C=O) groups is 1. The second kappa shape index (κ2) is 10.4. The number of thioether (sulfide) groups is 1. The largest absolute Gasteiger partial charge is 0.350 e. The van der Waals surface area contributed by atoms with E-state index in [1.165, 1.54) is 5.56 Å². The van der Waals surface area contributed by atoms with Gasteiger partial charge in [0.05, 0.1) is 0 Å². The third kappa shape index (κ3) is 5.49. The molecule has 0 unspecified atom stereocenters. The summed E-state index contributed by atoms with van der Waals surface area (Å²) in [5, 5.41) is 12.8. The van der Waals surface area contributed by atoms with Crippen molar-refractivity contribution >= 4 is 17.7 Å². The van der Waals surface area contributed by atoms with Crippen molar-refractivity contribution in [3.63, 3.8) is 0 Å². The quantitative estimate of drug-likeness (QED) is 0.356. The summed E-state index contributed by atoms with van der Waals surface area (Å²) in [5.74, 6) is 1.46. The molecule has 33 heavy (non-hydrogen) atoms. The van der Waals surface area contributed by atoms with Crippen LogP contribution in [0, 0.1) is 6.92 Å². The number of nitrogens with zero attached hydrogens (tertiary/aromatic N) is 4. The van der Waals surface area contributed by atoms with Gasteiger partial charge in [0.2, 0.25) is 0 Å².